The first-order chi connectivity index (χ1) is 12.3. The maximum Gasteiger partial charge on any atom is 0.257 e. The highest BCUT2D eigenvalue weighted by Gasteiger charge is 2.27. The van der Waals surface area contributed by atoms with Crippen molar-refractivity contribution in [1.29, 1.82) is 0 Å². The molecule has 0 radical (unpaired) electrons. The lowest BCUT2D eigenvalue weighted by molar-refractivity contribution is 0.0708. The van der Waals surface area contributed by atoms with Crippen molar-refractivity contribution in [2.24, 2.45) is 0 Å². The van der Waals surface area contributed by atoms with Gasteiger partial charge in [0.05, 0.1) is 23.7 Å². The topological polar surface area (TPSA) is 58.2 Å². The van der Waals surface area contributed by atoms with Crippen molar-refractivity contribution >= 4 is 16.9 Å². The van der Waals surface area contributed by atoms with Crippen LogP contribution in [0.25, 0.3) is 11.0 Å². The number of hydrogen-bond acceptors (Lipinski definition) is 3. The Morgan fingerprint density at radius 1 is 1.12 bits per heavy atom. The quantitative estimate of drug-likeness (QED) is 0.796. The average molecular weight is 335 g/mol. The summed E-state index contributed by atoms with van der Waals surface area (Å²) in [6, 6.07) is 15.5. The summed E-state index contributed by atoms with van der Waals surface area (Å²) in [6.45, 7) is 1.47. The van der Waals surface area contributed by atoms with Gasteiger partial charge in [0.2, 0.25) is 0 Å². The molecule has 1 saturated heterocycles. The molecular formula is C20H21N3O2. The minimum Gasteiger partial charge on any atom is -0.496 e. The molecule has 4 rings (SSSR count). The maximum atomic E-state index is 12.8. The molecule has 128 valence electrons. The number of nitrogens with one attached hydrogen (secondary N) is 1. The van der Waals surface area contributed by atoms with E-state index >= 15 is 0 Å². The van der Waals surface area contributed by atoms with Crippen LogP contribution >= 0.6 is 0 Å². The summed E-state index contributed by atoms with van der Waals surface area (Å²) in [5.74, 6) is 2.08. The molecule has 1 N–H and O–H groups in total. The van der Waals surface area contributed by atoms with Gasteiger partial charge in [0.25, 0.3) is 5.91 Å². The van der Waals surface area contributed by atoms with Gasteiger partial charge in [-0.05, 0) is 37.1 Å². The molecule has 1 aliphatic heterocycles. The number of carbonyl (C=O) groups is 1. The number of amides is 1. The summed E-state index contributed by atoms with van der Waals surface area (Å²) in [5.41, 5.74) is 2.71. The number of aromatic nitrogens is 2. The van der Waals surface area contributed by atoms with Gasteiger partial charge in [0, 0.05) is 19.0 Å². The highest BCUT2D eigenvalue weighted by molar-refractivity contribution is 5.97. The molecule has 25 heavy (non-hydrogen) atoms. The van der Waals surface area contributed by atoms with Crippen LogP contribution in [0, 0.1) is 0 Å². The number of piperidine rings is 1. The summed E-state index contributed by atoms with van der Waals surface area (Å²) >= 11 is 0. The van der Waals surface area contributed by atoms with E-state index in [0.29, 0.717) is 17.2 Å². The van der Waals surface area contributed by atoms with Crippen LogP contribution in [0.2, 0.25) is 0 Å². The number of para-hydroxylation sites is 3. The van der Waals surface area contributed by atoms with Gasteiger partial charge in [0.15, 0.2) is 0 Å². The van der Waals surface area contributed by atoms with Gasteiger partial charge in [-0.2, -0.15) is 0 Å². The normalized spacial score (nSPS) is 15.5. The zero-order valence-electron chi connectivity index (χ0n) is 14.2. The molecular weight excluding hydrogens is 314 g/mol. The minimum atomic E-state index is 0.0421. The first-order valence-corrected chi connectivity index (χ1v) is 8.63. The lowest BCUT2D eigenvalue weighted by Gasteiger charge is -2.31. The fourth-order valence-electron chi connectivity index (χ4n) is 3.51. The predicted octanol–water partition coefficient (Wildman–Crippen LogP) is 3.59. The number of rotatable bonds is 3. The highest BCUT2D eigenvalue weighted by atomic mass is 16.5. The highest BCUT2D eigenvalue weighted by Crippen LogP contribution is 2.29. The molecule has 2 heterocycles. The molecule has 0 bridgehead atoms. The molecule has 5 heteroatoms. The van der Waals surface area contributed by atoms with Crippen LogP contribution in [0.4, 0.5) is 0 Å². The third-order valence-corrected chi connectivity index (χ3v) is 4.91. The van der Waals surface area contributed by atoms with E-state index in [2.05, 4.69) is 4.98 Å². The molecule has 5 nitrogen and oxygen atoms in total. The van der Waals surface area contributed by atoms with Crippen LogP contribution < -0.4 is 4.74 Å². The first-order valence-electron chi connectivity index (χ1n) is 8.63. The Kier molecular flexibility index (Phi) is 4.14. The lowest BCUT2D eigenvalue weighted by Crippen LogP contribution is -2.38. The van der Waals surface area contributed by atoms with Crippen molar-refractivity contribution < 1.29 is 9.53 Å². The predicted molar refractivity (Wildman–Crippen MR) is 97.0 cm³/mol. The Balaban J connectivity index is 1.46. The second kappa shape index (κ2) is 6.59. The van der Waals surface area contributed by atoms with E-state index in [-0.39, 0.29) is 5.91 Å². The van der Waals surface area contributed by atoms with Gasteiger partial charge in [-0.1, -0.05) is 24.3 Å². The van der Waals surface area contributed by atoms with E-state index in [1.54, 1.807) is 7.11 Å². The van der Waals surface area contributed by atoms with Crippen molar-refractivity contribution in [3.8, 4) is 5.75 Å². The Labute approximate surface area is 146 Å². The van der Waals surface area contributed by atoms with Crippen molar-refractivity contribution in [2.75, 3.05) is 20.2 Å². The number of nitrogens with zero attached hydrogens (tertiary/aromatic N) is 2. The van der Waals surface area contributed by atoms with Crippen LogP contribution in [0.15, 0.2) is 48.5 Å². The second-order valence-electron chi connectivity index (χ2n) is 6.41. The molecule has 1 aromatic heterocycles. The second-order valence-corrected chi connectivity index (χ2v) is 6.41. The zero-order valence-corrected chi connectivity index (χ0v) is 14.2. The van der Waals surface area contributed by atoms with E-state index in [4.69, 9.17) is 9.72 Å². The van der Waals surface area contributed by atoms with Gasteiger partial charge < -0.3 is 14.6 Å². The summed E-state index contributed by atoms with van der Waals surface area (Å²) in [5, 5.41) is 0. The number of imidazole rings is 1. The van der Waals surface area contributed by atoms with Gasteiger partial charge >= 0.3 is 0 Å². The van der Waals surface area contributed by atoms with Crippen molar-refractivity contribution in [3.05, 3.63) is 59.9 Å². The Hall–Kier alpha value is -2.82. The number of hydrogen-bond donors (Lipinski definition) is 1. The first kappa shape index (κ1) is 15.7. The number of likely N-dealkylation sites (tertiary alicyclic amines) is 1. The maximum absolute atomic E-state index is 12.8. The minimum absolute atomic E-state index is 0.0421. The van der Waals surface area contributed by atoms with Crippen LogP contribution in [-0.2, 0) is 0 Å². The lowest BCUT2D eigenvalue weighted by atomic mass is 9.95. The number of aromatic amines is 1. The monoisotopic (exact) mass is 335 g/mol. The smallest absolute Gasteiger partial charge is 0.257 e. The van der Waals surface area contributed by atoms with Crippen LogP contribution in [0.1, 0.15) is 34.9 Å². The molecule has 0 spiro atoms. The Bertz CT molecular complexity index is 862. The Morgan fingerprint density at radius 3 is 2.60 bits per heavy atom. The average Bonchev–Trinajstić information content (AvgIpc) is 3.12. The van der Waals surface area contributed by atoms with E-state index in [1.807, 2.05) is 53.4 Å². The van der Waals surface area contributed by atoms with Crippen LogP contribution in [-0.4, -0.2) is 41.0 Å². The number of fused-ring (bicyclic) bond motifs is 1. The van der Waals surface area contributed by atoms with Crippen molar-refractivity contribution in [1.82, 2.24) is 14.9 Å². The van der Waals surface area contributed by atoms with Gasteiger partial charge in [-0.15, -0.1) is 0 Å². The Morgan fingerprint density at radius 2 is 1.84 bits per heavy atom. The molecule has 0 atom stereocenters. The fraction of sp³-hybridized carbons (Fsp3) is 0.300. The summed E-state index contributed by atoms with van der Waals surface area (Å²) in [6.07, 6.45) is 1.83. The third-order valence-electron chi connectivity index (χ3n) is 4.91. The van der Waals surface area contributed by atoms with Crippen molar-refractivity contribution in [2.45, 2.75) is 18.8 Å². The molecule has 3 aromatic rings. The standard InChI is InChI=1S/C20H21N3O2/c1-25-18-9-5-2-6-15(18)20(24)23-12-10-14(11-13-23)19-21-16-7-3-4-8-17(16)22-19/h2-9,14H,10-13H2,1H3,(H,21,22). The van der Waals surface area contributed by atoms with Gasteiger partial charge in [0.1, 0.15) is 11.6 Å². The van der Waals surface area contributed by atoms with Gasteiger partial charge in [-0.25, -0.2) is 4.98 Å². The molecule has 1 fully saturated rings. The molecule has 1 aliphatic rings. The molecule has 0 unspecified atom stereocenters. The number of methoxy groups -OCH3 is 1. The molecule has 0 aliphatic carbocycles. The fourth-order valence-corrected chi connectivity index (χ4v) is 3.51. The van der Waals surface area contributed by atoms with E-state index in [0.717, 1.165) is 42.8 Å². The van der Waals surface area contributed by atoms with E-state index in [1.165, 1.54) is 0 Å². The van der Waals surface area contributed by atoms with Crippen molar-refractivity contribution in [3.63, 3.8) is 0 Å². The largest absolute Gasteiger partial charge is 0.496 e. The van der Waals surface area contributed by atoms with E-state index < -0.39 is 0 Å². The van der Waals surface area contributed by atoms with Crippen LogP contribution in [0.3, 0.4) is 0 Å². The molecule has 1 amide bonds. The van der Waals surface area contributed by atoms with Crippen LogP contribution in [0.5, 0.6) is 5.75 Å². The molecule has 0 saturated carbocycles. The summed E-state index contributed by atoms with van der Waals surface area (Å²) in [4.78, 5) is 22.8. The van der Waals surface area contributed by atoms with E-state index in [9.17, 15) is 4.79 Å². The SMILES string of the molecule is COc1ccccc1C(=O)N1CCC(c2nc3ccccc3[nH]2)CC1. The molecule has 2 aromatic carbocycles. The van der Waals surface area contributed by atoms with Gasteiger partial charge in [-0.3, -0.25) is 4.79 Å². The number of benzene rings is 2. The summed E-state index contributed by atoms with van der Waals surface area (Å²) in [7, 11) is 1.60. The number of ether oxygens (including phenoxy) is 1. The third kappa shape index (κ3) is 2.97. The zero-order chi connectivity index (χ0) is 17.2. The summed E-state index contributed by atoms with van der Waals surface area (Å²) < 4.78 is 5.32. The number of H-pyrrole nitrogens is 1. The number of carbonyl (C=O) groups excluding carboxylic acids is 1.